The number of hydrogen-bond donors (Lipinski definition) is 1. The van der Waals surface area contributed by atoms with Crippen molar-refractivity contribution in [2.75, 3.05) is 0 Å². The third-order valence-corrected chi connectivity index (χ3v) is 3.19. The van der Waals surface area contributed by atoms with E-state index in [-0.39, 0.29) is 5.54 Å². The lowest BCUT2D eigenvalue weighted by atomic mass is 9.83. The molecule has 0 amide bonds. The Morgan fingerprint density at radius 2 is 1.60 bits per heavy atom. The summed E-state index contributed by atoms with van der Waals surface area (Å²) in [4.78, 5) is 0. The van der Waals surface area contributed by atoms with Crippen LogP contribution in [0.15, 0.2) is 18.2 Å². The van der Waals surface area contributed by atoms with Gasteiger partial charge < -0.3 is 5.73 Å². The van der Waals surface area contributed by atoms with Crippen LogP contribution in [0.1, 0.15) is 37.5 Å². The number of aryl methyl sites for hydroxylation is 2. The Bertz CT molecular complexity index is 317. The van der Waals surface area contributed by atoms with Crippen LogP contribution in [0.5, 0.6) is 0 Å². The van der Waals surface area contributed by atoms with E-state index in [0.29, 0.717) is 5.92 Å². The van der Waals surface area contributed by atoms with Crippen molar-refractivity contribution >= 4 is 0 Å². The van der Waals surface area contributed by atoms with Crippen molar-refractivity contribution in [1.82, 2.24) is 0 Å². The molecule has 1 nitrogen and oxygen atoms in total. The minimum Gasteiger partial charge on any atom is -0.325 e. The molecule has 2 N–H and O–H groups in total. The third-order valence-electron chi connectivity index (χ3n) is 3.19. The van der Waals surface area contributed by atoms with E-state index in [4.69, 9.17) is 5.73 Å². The smallest absolute Gasteiger partial charge is 0.0189 e. The van der Waals surface area contributed by atoms with Crippen LogP contribution in [0.3, 0.4) is 0 Å². The molecule has 0 radical (unpaired) electrons. The van der Waals surface area contributed by atoms with E-state index < -0.39 is 0 Å². The summed E-state index contributed by atoms with van der Waals surface area (Å²) >= 11 is 0. The molecule has 84 valence electrons. The molecule has 1 atom stereocenters. The number of hydrogen-bond acceptors (Lipinski definition) is 1. The van der Waals surface area contributed by atoms with Gasteiger partial charge in [0.1, 0.15) is 0 Å². The van der Waals surface area contributed by atoms with Gasteiger partial charge >= 0.3 is 0 Å². The summed E-state index contributed by atoms with van der Waals surface area (Å²) < 4.78 is 0. The summed E-state index contributed by atoms with van der Waals surface area (Å²) in [6.07, 6.45) is 0.952. The van der Waals surface area contributed by atoms with Crippen molar-refractivity contribution in [2.45, 2.75) is 46.6 Å². The second kappa shape index (κ2) is 4.36. The first-order chi connectivity index (χ1) is 6.81. The van der Waals surface area contributed by atoms with E-state index >= 15 is 0 Å². The maximum atomic E-state index is 6.29. The highest BCUT2D eigenvalue weighted by molar-refractivity contribution is 5.29. The molecule has 0 spiro atoms. The van der Waals surface area contributed by atoms with Crippen LogP contribution in [0, 0.1) is 19.8 Å². The summed E-state index contributed by atoms with van der Waals surface area (Å²) in [5.74, 6) is 0.498. The van der Waals surface area contributed by atoms with Crippen molar-refractivity contribution in [2.24, 2.45) is 11.7 Å². The largest absolute Gasteiger partial charge is 0.325 e. The lowest BCUT2D eigenvalue weighted by Gasteiger charge is -2.29. The van der Waals surface area contributed by atoms with Gasteiger partial charge in [-0.2, -0.15) is 0 Å². The first-order valence-corrected chi connectivity index (χ1v) is 5.67. The van der Waals surface area contributed by atoms with Crippen molar-refractivity contribution in [3.8, 4) is 0 Å². The van der Waals surface area contributed by atoms with Crippen molar-refractivity contribution in [1.29, 1.82) is 0 Å². The number of rotatable bonds is 3. The molecule has 0 heterocycles. The minimum atomic E-state index is -0.111. The molecule has 0 saturated carbocycles. The highest BCUT2D eigenvalue weighted by Gasteiger charge is 2.23. The van der Waals surface area contributed by atoms with Gasteiger partial charge in [0.25, 0.3) is 0 Å². The summed E-state index contributed by atoms with van der Waals surface area (Å²) in [6, 6.07) is 6.67. The highest BCUT2D eigenvalue weighted by atomic mass is 14.7. The summed E-state index contributed by atoms with van der Waals surface area (Å²) in [7, 11) is 0. The summed E-state index contributed by atoms with van der Waals surface area (Å²) in [5.41, 5.74) is 10.2. The molecule has 1 unspecified atom stereocenters. The van der Waals surface area contributed by atoms with E-state index in [1.54, 1.807) is 0 Å². The maximum absolute atomic E-state index is 6.29. The van der Waals surface area contributed by atoms with E-state index in [1.165, 1.54) is 16.7 Å². The van der Waals surface area contributed by atoms with Crippen molar-refractivity contribution in [3.05, 3.63) is 34.9 Å². The Balaban J connectivity index is 2.89. The first kappa shape index (κ1) is 12.3. The third kappa shape index (κ3) is 3.35. The van der Waals surface area contributed by atoms with E-state index in [0.717, 1.165) is 6.42 Å². The van der Waals surface area contributed by atoms with Crippen LogP contribution in [0.25, 0.3) is 0 Å². The quantitative estimate of drug-likeness (QED) is 0.805. The maximum Gasteiger partial charge on any atom is 0.0189 e. The Hall–Kier alpha value is -0.820. The number of benzene rings is 1. The molecule has 0 saturated heterocycles. The van der Waals surface area contributed by atoms with Gasteiger partial charge in [-0.15, -0.1) is 0 Å². The minimum absolute atomic E-state index is 0.111. The standard InChI is InChI=1S/C14H23N/c1-10(2)14(5,15)9-13-7-11(3)6-12(4)8-13/h6-8,10H,9,15H2,1-5H3. The Labute approximate surface area is 93.7 Å². The van der Waals surface area contributed by atoms with Crippen molar-refractivity contribution < 1.29 is 0 Å². The monoisotopic (exact) mass is 205 g/mol. The molecule has 0 aliphatic rings. The predicted octanol–water partition coefficient (Wildman–Crippen LogP) is 3.22. The molecule has 1 aromatic rings. The average molecular weight is 205 g/mol. The van der Waals surface area contributed by atoms with Crippen LogP contribution < -0.4 is 5.73 Å². The Kier molecular flexibility index (Phi) is 3.56. The summed E-state index contributed by atoms with van der Waals surface area (Å²) in [6.45, 7) is 10.8. The molecule has 1 heteroatoms. The topological polar surface area (TPSA) is 26.0 Å². The lowest BCUT2D eigenvalue weighted by Crippen LogP contribution is -2.43. The zero-order valence-corrected chi connectivity index (χ0v) is 10.6. The molecule has 0 aromatic heterocycles. The van der Waals surface area contributed by atoms with Crippen LogP contribution >= 0.6 is 0 Å². The zero-order chi connectivity index (χ0) is 11.6. The Morgan fingerprint density at radius 3 is 2.00 bits per heavy atom. The van der Waals surface area contributed by atoms with Crippen molar-refractivity contribution in [3.63, 3.8) is 0 Å². The molecular formula is C14H23N. The fraction of sp³-hybridized carbons (Fsp3) is 0.571. The Morgan fingerprint density at radius 1 is 1.13 bits per heavy atom. The van der Waals surface area contributed by atoms with Gasteiger partial charge in [0.15, 0.2) is 0 Å². The molecular weight excluding hydrogens is 182 g/mol. The van der Waals surface area contributed by atoms with Gasteiger partial charge in [0, 0.05) is 5.54 Å². The van der Waals surface area contributed by atoms with Crippen LogP contribution in [-0.4, -0.2) is 5.54 Å². The second-order valence-electron chi connectivity index (χ2n) is 5.33. The van der Waals surface area contributed by atoms with E-state index in [2.05, 4.69) is 52.8 Å². The zero-order valence-electron chi connectivity index (χ0n) is 10.6. The molecule has 0 bridgehead atoms. The molecule has 1 rings (SSSR count). The molecule has 0 aliphatic carbocycles. The first-order valence-electron chi connectivity index (χ1n) is 5.67. The van der Waals surface area contributed by atoms with E-state index in [1.807, 2.05) is 0 Å². The fourth-order valence-corrected chi connectivity index (χ4v) is 1.81. The van der Waals surface area contributed by atoms with Gasteiger partial charge in [-0.25, -0.2) is 0 Å². The highest BCUT2D eigenvalue weighted by Crippen LogP contribution is 2.20. The normalized spacial score (nSPS) is 15.4. The van der Waals surface area contributed by atoms with Gasteiger partial charge in [0.05, 0.1) is 0 Å². The van der Waals surface area contributed by atoms with Gasteiger partial charge in [0.2, 0.25) is 0 Å². The predicted molar refractivity (Wildman–Crippen MR) is 67.1 cm³/mol. The average Bonchev–Trinajstić information content (AvgIpc) is 1.99. The second-order valence-corrected chi connectivity index (χ2v) is 5.33. The SMILES string of the molecule is Cc1cc(C)cc(CC(C)(N)C(C)C)c1. The molecule has 1 aromatic carbocycles. The lowest BCUT2D eigenvalue weighted by molar-refractivity contribution is 0.338. The van der Waals surface area contributed by atoms with Gasteiger partial charge in [-0.3, -0.25) is 0 Å². The van der Waals surface area contributed by atoms with E-state index in [9.17, 15) is 0 Å². The molecule has 0 aliphatic heterocycles. The van der Waals surface area contributed by atoms with Gasteiger partial charge in [-0.05, 0) is 38.7 Å². The van der Waals surface area contributed by atoms with Crippen LogP contribution in [-0.2, 0) is 6.42 Å². The molecule has 15 heavy (non-hydrogen) atoms. The number of nitrogens with two attached hydrogens (primary N) is 1. The fourth-order valence-electron chi connectivity index (χ4n) is 1.81. The summed E-state index contributed by atoms with van der Waals surface area (Å²) in [5, 5.41) is 0. The molecule has 0 fully saturated rings. The van der Waals surface area contributed by atoms with Gasteiger partial charge in [-0.1, -0.05) is 43.2 Å². The van der Waals surface area contributed by atoms with Crippen LogP contribution in [0.4, 0.5) is 0 Å². The van der Waals surface area contributed by atoms with Crippen LogP contribution in [0.2, 0.25) is 0 Å².